The summed E-state index contributed by atoms with van der Waals surface area (Å²) in [4.78, 5) is 0. The minimum Gasteiger partial charge on any atom is -0.487 e. The van der Waals surface area contributed by atoms with Gasteiger partial charge in [-0.15, -0.1) is 0 Å². The van der Waals surface area contributed by atoms with Crippen LogP contribution in [0.2, 0.25) is 0 Å². The fourth-order valence-corrected chi connectivity index (χ4v) is 3.29. The first-order valence-electron chi connectivity index (χ1n) is 10.6. The number of hydrogen-bond donors (Lipinski definition) is 0. The van der Waals surface area contributed by atoms with Crippen molar-refractivity contribution in [3.63, 3.8) is 0 Å². The molecule has 0 bridgehead atoms. The van der Waals surface area contributed by atoms with E-state index in [4.69, 9.17) is 23.7 Å². The van der Waals surface area contributed by atoms with Gasteiger partial charge in [-0.05, 0) is 17.7 Å². The summed E-state index contributed by atoms with van der Waals surface area (Å²) in [5.41, 5.74) is 3.31. The van der Waals surface area contributed by atoms with Crippen molar-refractivity contribution in [2.24, 2.45) is 0 Å². The van der Waals surface area contributed by atoms with Crippen LogP contribution in [0, 0.1) is 0 Å². The van der Waals surface area contributed by atoms with Gasteiger partial charge in [-0.25, -0.2) is 0 Å². The Kier molecular flexibility index (Phi) is 7.88. The van der Waals surface area contributed by atoms with Crippen LogP contribution < -0.4 is 14.0 Å². The zero-order chi connectivity index (χ0) is 21.1. The van der Waals surface area contributed by atoms with Crippen molar-refractivity contribution in [2.45, 2.75) is 0 Å². The molecule has 0 unspecified atom stereocenters. The lowest BCUT2D eigenvalue weighted by atomic mass is 10.1. The van der Waals surface area contributed by atoms with Crippen molar-refractivity contribution < 1.29 is 28.3 Å². The van der Waals surface area contributed by atoms with E-state index in [1.54, 1.807) is 0 Å². The Morgan fingerprint density at radius 1 is 0.548 bits per heavy atom. The smallest absolute Gasteiger partial charge is 0.214 e. The minimum absolute atomic E-state index is 0.436. The molecular formula is C25H28NO5+. The van der Waals surface area contributed by atoms with E-state index in [1.807, 2.05) is 48.7 Å². The van der Waals surface area contributed by atoms with Crippen LogP contribution in [0.1, 0.15) is 0 Å². The van der Waals surface area contributed by atoms with Gasteiger partial charge in [0, 0.05) is 17.7 Å². The van der Waals surface area contributed by atoms with E-state index < -0.39 is 0 Å². The van der Waals surface area contributed by atoms with Crippen LogP contribution in [0.4, 0.5) is 0 Å². The fourth-order valence-electron chi connectivity index (χ4n) is 3.29. The molecule has 3 aromatic rings. The Balaban J connectivity index is 1.54. The van der Waals surface area contributed by atoms with Gasteiger partial charge >= 0.3 is 0 Å². The minimum atomic E-state index is 0.436. The molecule has 0 atom stereocenters. The third-order valence-electron chi connectivity index (χ3n) is 4.85. The molecule has 0 fully saturated rings. The Labute approximate surface area is 182 Å². The molecule has 0 spiro atoms. The lowest BCUT2D eigenvalue weighted by Crippen LogP contribution is -2.29. The highest BCUT2D eigenvalue weighted by atomic mass is 16.6. The van der Waals surface area contributed by atoms with E-state index in [0.717, 1.165) is 11.3 Å². The van der Waals surface area contributed by atoms with Gasteiger partial charge in [0.2, 0.25) is 5.69 Å². The van der Waals surface area contributed by atoms with Crippen LogP contribution in [-0.2, 0) is 14.2 Å². The summed E-state index contributed by atoms with van der Waals surface area (Å²) in [6.07, 6.45) is 4.14. The van der Waals surface area contributed by atoms with E-state index in [-0.39, 0.29) is 0 Å². The highest BCUT2D eigenvalue weighted by molar-refractivity contribution is 5.61. The van der Waals surface area contributed by atoms with Crippen molar-refractivity contribution in [2.75, 3.05) is 52.9 Å². The van der Waals surface area contributed by atoms with Crippen LogP contribution in [0.15, 0.2) is 73.1 Å². The van der Waals surface area contributed by atoms with E-state index >= 15 is 0 Å². The summed E-state index contributed by atoms with van der Waals surface area (Å²) < 4.78 is 30.5. The summed E-state index contributed by atoms with van der Waals surface area (Å²) in [5, 5.41) is 0. The molecule has 0 aliphatic carbocycles. The van der Waals surface area contributed by atoms with E-state index in [9.17, 15) is 0 Å². The molecule has 6 heteroatoms. The van der Waals surface area contributed by atoms with Crippen molar-refractivity contribution in [3.8, 4) is 28.3 Å². The first-order valence-corrected chi connectivity index (χ1v) is 10.6. The largest absolute Gasteiger partial charge is 0.487 e. The SMILES string of the molecule is c1ccc(-c2ccc[n+](-c3ccc4c(c3)OCCOCCOCCOCCO4)c2)cc1. The molecule has 2 heterocycles. The second-order valence-corrected chi connectivity index (χ2v) is 7.03. The van der Waals surface area contributed by atoms with Gasteiger partial charge in [0.25, 0.3) is 0 Å². The first kappa shape index (κ1) is 21.3. The molecule has 162 valence electrons. The maximum Gasteiger partial charge on any atom is 0.214 e. The molecule has 0 saturated heterocycles. The summed E-state index contributed by atoms with van der Waals surface area (Å²) in [7, 11) is 0. The Morgan fingerprint density at radius 3 is 1.87 bits per heavy atom. The number of hydrogen-bond acceptors (Lipinski definition) is 5. The van der Waals surface area contributed by atoms with Gasteiger partial charge in [-0.3, -0.25) is 0 Å². The Bertz CT molecular complexity index is 948. The van der Waals surface area contributed by atoms with Gasteiger partial charge in [0.05, 0.1) is 45.7 Å². The van der Waals surface area contributed by atoms with Crippen molar-refractivity contribution in [3.05, 3.63) is 73.1 Å². The number of pyridine rings is 1. The standard InChI is InChI=1S/C25H28NO5/c1-2-5-21(6-3-1)22-7-4-10-26(20-22)23-8-9-24-25(19-23)31-18-16-29-14-12-27-11-13-28-15-17-30-24/h1-10,19-20H,11-18H2/q+1. The number of aromatic nitrogens is 1. The monoisotopic (exact) mass is 422 g/mol. The van der Waals surface area contributed by atoms with Crippen molar-refractivity contribution >= 4 is 0 Å². The molecule has 31 heavy (non-hydrogen) atoms. The maximum atomic E-state index is 6.00. The molecule has 1 aliphatic heterocycles. The number of nitrogens with zero attached hydrogens (tertiary/aromatic N) is 1. The highest BCUT2D eigenvalue weighted by Crippen LogP contribution is 2.29. The predicted octanol–water partition coefficient (Wildman–Crippen LogP) is 3.45. The van der Waals surface area contributed by atoms with Crippen LogP contribution >= 0.6 is 0 Å². The number of benzene rings is 2. The average Bonchev–Trinajstić information content (AvgIpc) is 2.84. The number of ether oxygens (including phenoxy) is 5. The second kappa shape index (κ2) is 11.5. The molecular weight excluding hydrogens is 394 g/mol. The molecule has 0 amide bonds. The number of fused-ring (bicyclic) bond motifs is 1. The third kappa shape index (κ3) is 6.28. The predicted molar refractivity (Wildman–Crippen MR) is 117 cm³/mol. The molecule has 0 saturated carbocycles. The van der Waals surface area contributed by atoms with E-state index in [2.05, 4.69) is 29.0 Å². The van der Waals surface area contributed by atoms with Gasteiger partial charge in [0.1, 0.15) is 13.2 Å². The summed E-state index contributed by atoms with van der Waals surface area (Å²) in [6.45, 7) is 4.05. The second-order valence-electron chi connectivity index (χ2n) is 7.03. The highest BCUT2D eigenvalue weighted by Gasteiger charge is 2.14. The molecule has 2 aromatic carbocycles. The van der Waals surface area contributed by atoms with Gasteiger partial charge in [-0.2, -0.15) is 4.57 Å². The summed E-state index contributed by atoms with van der Waals surface area (Å²) >= 11 is 0. The summed E-state index contributed by atoms with van der Waals surface area (Å²) in [6, 6.07) is 20.4. The average molecular weight is 423 g/mol. The van der Waals surface area contributed by atoms with Crippen LogP contribution in [0.5, 0.6) is 11.5 Å². The molecule has 4 rings (SSSR count). The summed E-state index contributed by atoms with van der Waals surface area (Å²) in [5.74, 6) is 1.38. The maximum absolute atomic E-state index is 6.00. The van der Waals surface area contributed by atoms with Crippen molar-refractivity contribution in [1.29, 1.82) is 0 Å². The van der Waals surface area contributed by atoms with E-state index in [1.165, 1.54) is 5.56 Å². The fraction of sp³-hybridized carbons (Fsp3) is 0.320. The Hall–Kier alpha value is -2.93. The first-order chi connectivity index (χ1) is 15.4. The van der Waals surface area contributed by atoms with Crippen molar-refractivity contribution in [1.82, 2.24) is 0 Å². The topological polar surface area (TPSA) is 50.0 Å². The molecule has 0 N–H and O–H groups in total. The van der Waals surface area contributed by atoms with Gasteiger partial charge in [-0.1, -0.05) is 30.3 Å². The normalized spacial score (nSPS) is 16.1. The molecule has 1 aliphatic rings. The molecule has 6 nitrogen and oxygen atoms in total. The number of rotatable bonds is 2. The van der Waals surface area contributed by atoms with Gasteiger partial charge in [0.15, 0.2) is 23.9 Å². The van der Waals surface area contributed by atoms with Crippen LogP contribution in [-0.4, -0.2) is 52.9 Å². The quantitative estimate of drug-likeness (QED) is 0.592. The van der Waals surface area contributed by atoms with Gasteiger partial charge < -0.3 is 23.7 Å². The Morgan fingerprint density at radius 2 is 1.16 bits per heavy atom. The van der Waals surface area contributed by atoms with Crippen LogP contribution in [0.3, 0.4) is 0 Å². The third-order valence-corrected chi connectivity index (χ3v) is 4.85. The lowest BCUT2D eigenvalue weighted by molar-refractivity contribution is -0.595. The lowest BCUT2D eigenvalue weighted by Gasteiger charge is -2.13. The molecule has 1 aromatic heterocycles. The zero-order valence-electron chi connectivity index (χ0n) is 17.6. The van der Waals surface area contributed by atoms with E-state index in [0.29, 0.717) is 64.4 Å². The molecule has 0 radical (unpaired) electrons. The zero-order valence-corrected chi connectivity index (χ0v) is 17.6. The van der Waals surface area contributed by atoms with Crippen LogP contribution in [0.25, 0.3) is 16.8 Å².